The first-order chi connectivity index (χ1) is 8.06. The molecule has 0 aromatic carbocycles. The van der Waals surface area contributed by atoms with Gasteiger partial charge < -0.3 is 9.88 Å². The van der Waals surface area contributed by atoms with Crippen molar-refractivity contribution in [3.8, 4) is 0 Å². The molecule has 0 saturated heterocycles. The monoisotopic (exact) mass is 300 g/mol. The van der Waals surface area contributed by atoms with Crippen LogP contribution in [0.1, 0.15) is 50.5 Å². The van der Waals surface area contributed by atoms with Crippen LogP contribution < -0.4 is 0 Å². The van der Waals surface area contributed by atoms with E-state index in [2.05, 4.69) is 41.7 Å². The average molecular weight is 301 g/mol. The van der Waals surface area contributed by atoms with E-state index < -0.39 is 0 Å². The van der Waals surface area contributed by atoms with Gasteiger partial charge in [0.25, 0.3) is 5.91 Å². The van der Waals surface area contributed by atoms with Crippen molar-refractivity contribution in [3.63, 3.8) is 0 Å². The molecular formula is C13H21BrN2O. The van der Waals surface area contributed by atoms with Crippen LogP contribution in [-0.4, -0.2) is 28.4 Å². The van der Waals surface area contributed by atoms with Gasteiger partial charge in [-0.25, -0.2) is 0 Å². The van der Waals surface area contributed by atoms with Gasteiger partial charge in [-0.05, 0) is 42.3 Å². The first-order valence-corrected chi connectivity index (χ1v) is 7.00. The van der Waals surface area contributed by atoms with E-state index in [4.69, 9.17) is 0 Å². The minimum Gasteiger partial charge on any atom is -0.356 e. The van der Waals surface area contributed by atoms with E-state index in [0.29, 0.717) is 5.69 Å². The molecule has 3 nitrogen and oxygen atoms in total. The van der Waals surface area contributed by atoms with Crippen molar-refractivity contribution in [2.24, 2.45) is 0 Å². The van der Waals surface area contributed by atoms with Crippen LogP contribution >= 0.6 is 15.9 Å². The van der Waals surface area contributed by atoms with E-state index in [1.807, 2.05) is 11.0 Å². The average Bonchev–Trinajstić information content (AvgIpc) is 2.70. The molecule has 0 radical (unpaired) electrons. The van der Waals surface area contributed by atoms with Crippen molar-refractivity contribution in [2.45, 2.75) is 46.1 Å². The van der Waals surface area contributed by atoms with Crippen molar-refractivity contribution in [3.05, 3.63) is 22.4 Å². The molecule has 0 bridgehead atoms. The number of rotatable bonds is 6. The second-order valence-corrected chi connectivity index (χ2v) is 5.45. The van der Waals surface area contributed by atoms with E-state index >= 15 is 0 Å². The van der Waals surface area contributed by atoms with Gasteiger partial charge in [0.05, 0.1) is 0 Å². The molecule has 1 aromatic heterocycles. The maximum atomic E-state index is 12.3. The van der Waals surface area contributed by atoms with Crippen molar-refractivity contribution in [1.82, 2.24) is 9.88 Å². The summed E-state index contributed by atoms with van der Waals surface area (Å²) in [6.45, 7) is 7.12. The summed E-state index contributed by atoms with van der Waals surface area (Å²) in [5.74, 6) is 0.0850. The zero-order valence-corrected chi connectivity index (χ0v) is 12.4. The largest absolute Gasteiger partial charge is 0.356 e. The summed E-state index contributed by atoms with van der Waals surface area (Å²) in [6.07, 6.45) is 5.21. The Balaban J connectivity index is 2.67. The first kappa shape index (κ1) is 14.3. The maximum Gasteiger partial charge on any atom is 0.270 e. The lowest BCUT2D eigenvalue weighted by Gasteiger charge is -2.26. The van der Waals surface area contributed by atoms with Crippen LogP contribution in [0.25, 0.3) is 0 Å². The number of carbonyl (C=O) groups excluding carboxylic acids is 1. The van der Waals surface area contributed by atoms with Gasteiger partial charge in [-0.3, -0.25) is 4.79 Å². The van der Waals surface area contributed by atoms with E-state index in [-0.39, 0.29) is 11.9 Å². The van der Waals surface area contributed by atoms with E-state index in [9.17, 15) is 4.79 Å². The molecule has 1 heterocycles. The number of unbranched alkanes of at least 4 members (excludes halogenated alkanes) is 2. The number of hydrogen-bond acceptors (Lipinski definition) is 1. The summed E-state index contributed by atoms with van der Waals surface area (Å²) in [5.41, 5.74) is 0.655. The quantitative estimate of drug-likeness (QED) is 0.797. The number of hydrogen-bond donors (Lipinski definition) is 1. The second kappa shape index (κ2) is 6.84. The topological polar surface area (TPSA) is 36.1 Å². The van der Waals surface area contributed by atoms with Crippen LogP contribution in [0.4, 0.5) is 0 Å². The zero-order valence-electron chi connectivity index (χ0n) is 10.8. The molecule has 0 aliphatic carbocycles. The van der Waals surface area contributed by atoms with Crippen LogP contribution in [0.15, 0.2) is 16.7 Å². The summed E-state index contributed by atoms with van der Waals surface area (Å²) in [5, 5.41) is 0. The van der Waals surface area contributed by atoms with Crippen LogP contribution in [0.2, 0.25) is 0 Å². The molecule has 0 aliphatic rings. The molecule has 0 atom stereocenters. The highest BCUT2D eigenvalue weighted by Crippen LogP contribution is 2.14. The minimum absolute atomic E-state index is 0.0850. The van der Waals surface area contributed by atoms with Crippen molar-refractivity contribution in [2.75, 3.05) is 6.54 Å². The molecule has 1 aromatic rings. The third kappa shape index (κ3) is 4.19. The standard InChI is InChI=1S/C13H21BrN2O/c1-4-5-6-7-16(10(2)3)13(17)12-8-11(14)9-15-12/h8-10,15H,4-7H2,1-3H3. The lowest BCUT2D eigenvalue weighted by atomic mass is 10.2. The SMILES string of the molecule is CCCCCN(C(=O)c1cc(Br)c[nH]1)C(C)C. The van der Waals surface area contributed by atoms with E-state index in [1.165, 1.54) is 12.8 Å². The molecule has 1 rings (SSSR count). The molecule has 0 saturated carbocycles. The van der Waals surface area contributed by atoms with Gasteiger partial charge in [0.1, 0.15) is 5.69 Å². The summed E-state index contributed by atoms with van der Waals surface area (Å²) in [7, 11) is 0. The zero-order chi connectivity index (χ0) is 12.8. The molecule has 1 amide bonds. The summed E-state index contributed by atoms with van der Waals surface area (Å²) >= 11 is 3.35. The van der Waals surface area contributed by atoms with Gasteiger partial charge in [-0.1, -0.05) is 19.8 Å². The number of aromatic amines is 1. The smallest absolute Gasteiger partial charge is 0.270 e. The van der Waals surface area contributed by atoms with E-state index in [0.717, 1.165) is 17.4 Å². The van der Waals surface area contributed by atoms with Crippen molar-refractivity contribution < 1.29 is 4.79 Å². The fourth-order valence-corrected chi connectivity index (χ4v) is 2.12. The Bertz CT molecular complexity index is 360. The fraction of sp³-hybridized carbons (Fsp3) is 0.615. The highest BCUT2D eigenvalue weighted by molar-refractivity contribution is 9.10. The van der Waals surface area contributed by atoms with Gasteiger partial charge in [0.15, 0.2) is 0 Å². The Morgan fingerprint density at radius 2 is 2.18 bits per heavy atom. The second-order valence-electron chi connectivity index (χ2n) is 4.53. The van der Waals surface area contributed by atoms with Gasteiger partial charge in [0, 0.05) is 23.3 Å². The normalized spacial score (nSPS) is 10.9. The van der Waals surface area contributed by atoms with Crippen molar-refractivity contribution >= 4 is 21.8 Å². The number of nitrogens with one attached hydrogen (secondary N) is 1. The number of halogens is 1. The Hall–Kier alpha value is -0.770. The number of nitrogens with zero attached hydrogens (tertiary/aromatic N) is 1. The summed E-state index contributed by atoms with van der Waals surface area (Å²) < 4.78 is 0.915. The predicted octanol–water partition coefficient (Wildman–Crippen LogP) is 3.82. The van der Waals surface area contributed by atoms with Gasteiger partial charge in [0.2, 0.25) is 0 Å². The maximum absolute atomic E-state index is 12.3. The predicted molar refractivity (Wildman–Crippen MR) is 74.2 cm³/mol. The van der Waals surface area contributed by atoms with Gasteiger partial charge in [-0.2, -0.15) is 0 Å². The summed E-state index contributed by atoms with van der Waals surface area (Å²) in [4.78, 5) is 17.2. The summed E-state index contributed by atoms with van der Waals surface area (Å²) in [6, 6.07) is 2.07. The third-order valence-corrected chi connectivity index (χ3v) is 3.22. The van der Waals surface area contributed by atoms with Crippen LogP contribution in [-0.2, 0) is 0 Å². The Morgan fingerprint density at radius 3 is 2.65 bits per heavy atom. The number of carbonyl (C=O) groups is 1. The highest BCUT2D eigenvalue weighted by Gasteiger charge is 2.19. The molecule has 0 fully saturated rings. The Morgan fingerprint density at radius 1 is 1.47 bits per heavy atom. The molecule has 96 valence electrons. The molecular weight excluding hydrogens is 280 g/mol. The van der Waals surface area contributed by atoms with Gasteiger partial charge in [-0.15, -0.1) is 0 Å². The molecule has 4 heteroatoms. The van der Waals surface area contributed by atoms with E-state index in [1.54, 1.807) is 6.20 Å². The van der Waals surface area contributed by atoms with Crippen LogP contribution in [0, 0.1) is 0 Å². The third-order valence-electron chi connectivity index (χ3n) is 2.76. The lowest BCUT2D eigenvalue weighted by Crippen LogP contribution is -2.37. The van der Waals surface area contributed by atoms with Crippen LogP contribution in [0.3, 0.4) is 0 Å². The highest BCUT2D eigenvalue weighted by atomic mass is 79.9. The molecule has 0 unspecified atom stereocenters. The lowest BCUT2D eigenvalue weighted by molar-refractivity contribution is 0.0697. The Kier molecular flexibility index (Phi) is 5.75. The molecule has 1 N–H and O–H groups in total. The molecule has 0 aliphatic heterocycles. The van der Waals surface area contributed by atoms with Gasteiger partial charge >= 0.3 is 0 Å². The Labute approximate surface area is 112 Å². The van der Waals surface area contributed by atoms with Crippen LogP contribution in [0.5, 0.6) is 0 Å². The number of amides is 1. The number of aromatic nitrogens is 1. The molecule has 17 heavy (non-hydrogen) atoms. The minimum atomic E-state index is 0.0850. The molecule has 0 spiro atoms. The van der Waals surface area contributed by atoms with Crippen molar-refractivity contribution in [1.29, 1.82) is 0 Å². The number of H-pyrrole nitrogens is 1. The first-order valence-electron chi connectivity index (χ1n) is 6.21. The fourth-order valence-electron chi connectivity index (χ4n) is 1.77.